The van der Waals surface area contributed by atoms with E-state index in [-0.39, 0.29) is 0 Å². The third kappa shape index (κ3) is 9.21. The van der Waals surface area contributed by atoms with Gasteiger partial charge in [-0.05, 0) is 90.1 Å². The Labute approximate surface area is 189 Å². The highest BCUT2D eigenvalue weighted by Gasteiger charge is 2.33. The zero-order valence-electron chi connectivity index (χ0n) is 19.5. The van der Waals surface area contributed by atoms with Gasteiger partial charge in [0.15, 0.2) is 0 Å². The molecule has 0 aliphatic rings. The summed E-state index contributed by atoms with van der Waals surface area (Å²) in [5.74, 6) is -0.115. The van der Waals surface area contributed by atoms with Gasteiger partial charge in [-0.15, -0.1) is 0 Å². The van der Waals surface area contributed by atoms with E-state index in [9.17, 15) is 4.79 Å². The standard InChI is InChI=1S/C24H32O6S/c1-22(2,3)29-21(25)27-17-9-13-19(14-10-17)31-20-15-11-18(12-16-20)28-24(7,26-8)30-23(4,5)6/h9-16H,1-8H3. The van der Waals surface area contributed by atoms with Crippen LogP contribution in [-0.2, 0) is 14.2 Å². The van der Waals surface area contributed by atoms with Gasteiger partial charge in [-0.1, -0.05) is 11.8 Å². The van der Waals surface area contributed by atoms with E-state index in [2.05, 4.69) is 0 Å². The second-order valence-electron chi connectivity index (χ2n) is 8.99. The summed E-state index contributed by atoms with van der Waals surface area (Å²) in [6.45, 7) is 12.9. The molecule has 0 saturated heterocycles. The van der Waals surface area contributed by atoms with Crippen LogP contribution in [0, 0.1) is 0 Å². The van der Waals surface area contributed by atoms with E-state index in [0.29, 0.717) is 11.5 Å². The topological polar surface area (TPSA) is 63.2 Å². The van der Waals surface area contributed by atoms with Crippen molar-refractivity contribution >= 4 is 17.9 Å². The third-order valence-electron chi connectivity index (χ3n) is 3.64. The minimum Gasteiger partial charge on any atom is -0.439 e. The van der Waals surface area contributed by atoms with E-state index in [0.717, 1.165) is 9.79 Å². The summed E-state index contributed by atoms with van der Waals surface area (Å²) in [4.78, 5) is 13.8. The molecule has 0 amide bonds. The van der Waals surface area contributed by atoms with E-state index in [1.807, 2.05) is 57.2 Å². The number of hydrogen-bond acceptors (Lipinski definition) is 7. The third-order valence-corrected chi connectivity index (χ3v) is 4.66. The summed E-state index contributed by atoms with van der Waals surface area (Å²) in [6.07, 6.45) is -0.720. The zero-order valence-corrected chi connectivity index (χ0v) is 20.3. The Hall–Kier alpha value is -2.22. The molecule has 6 nitrogen and oxygen atoms in total. The molecule has 0 aliphatic carbocycles. The normalized spacial score (nSPS) is 13.9. The molecule has 31 heavy (non-hydrogen) atoms. The lowest BCUT2D eigenvalue weighted by Gasteiger charge is -2.34. The molecular weight excluding hydrogens is 416 g/mol. The van der Waals surface area contributed by atoms with Crippen LogP contribution in [0.5, 0.6) is 11.5 Å². The fourth-order valence-corrected chi connectivity index (χ4v) is 3.35. The molecule has 0 spiro atoms. The lowest BCUT2D eigenvalue weighted by atomic mass is 10.2. The van der Waals surface area contributed by atoms with Crippen molar-refractivity contribution < 1.29 is 28.5 Å². The second kappa shape index (κ2) is 9.94. The predicted molar refractivity (Wildman–Crippen MR) is 121 cm³/mol. The van der Waals surface area contributed by atoms with Gasteiger partial charge in [0.25, 0.3) is 0 Å². The van der Waals surface area contributed by atoms with Crippen LogP contribution in [-0.4, -0.2) is 30.4 Å². The van der Waals surface area contributed by atoms with Gasteiger partial charge in [0.2, 0.25) is 0 Å². The van der Waals surface area contributed by atoms with Gasteiger partial charge < -0.3 is 23.7 Å². The Kier molecular flexibility index (Phi) is 8.03. The lowest BCUT2D eigenvalue weighted by molar-refractivity contribution is -0.352. The summed E-state index contributed by atoms with van der Waals surface area (Å²) in [5.41, 5.74) is -1.01. The highest BCUT2D eigenvalue weighted by molar-refractivity contribution is 7.99. The second-order valence-corrected chi connectivity index (χ2v) is 10.1. The average molecular weight is 449 g/mol. The largest absolute Gasteiger partial charge is 0.514 e. The van der Waals surface area contributed by atoms with Gasteiger partial charge in [-0.2, -0.15) is 0 Å². The summed E-state index contributed by atoms with van der Waals surface area (Å²) in [5, 5.41) is 0. The lowest BCUT2D eigenvalue weighted by Crippen LogP contribution is -2.44. The SMILES string of the molecule is COC(C)(Oc1ccc(Sc2ccc(OC(=O)OC(C)(C)C)cc2)cc1)OC(C)(C)C. The molecular formula is C24H32O6S. The predicted octanol–water partition coefficient (Wildman–Crippen LogP) is 6.67. The Morgan fingerprint density at radius 3 is 1.65 bits per heavy atom. The van der Waals surface area contributed by atoms with Crippen molar-refractivity contribution in [3.8, 4) is 11.5 Å². The summed E-state index contributed by atoms with van der Waals surface area (Å²) in [6, 6.07) is 14.9. The number of benzene rings is 2. The number of methoxy groups -OCH3 is 1. The maximum absolute atomic E-state index is 11.8. The Bertz CT molecular complexity index is 850. The molecule has 2 aromatic rings. The molecule has 0 heterocycles. The van der Waals surface area contributed by atoms with Crippen LogP contribution < -0.4 is 9.47 Å². The molecule has 0 radical (unpaired) electrons. The first-order valence-electron chi connectivity index (χ1n) is 10.0. The van der Waals surface area contributed by atoms with Crippen molar-refractivity contribution in [2.75, 3.05) is 7.11 Å². The fraction of sp³-hybridized carbons (Fsp3) is 0.458. The zero-order chi connectivity index (χ0) is 23.3. The number of ether oxygens (including phenoxy) is 5. The van der Waals surface area contributed by atoms with E-state index in [1.54, 1.807) is 58.7 Å². The number of carbonyl (C=O) groups is 1. The Balaban J connectivity index is 1.96. The Morgan fingerprint density at radius 2 is 1.23 bits per heavy atom. The van der Waals surface area contributed by atoms with Crippen LogP contribution in [0.25, 0.3) is 0 Å². The molecule has 2 rings (SSSR count). The van der Waals surface area contributed by atoms with E-state index in [1.165, 1.54) is 0 Å². The number of rotatable bonds is 7. The van der Waals surface area contributed by atoms with Gasteiger partial charge in [0.05, 0.1) is 5.60 Å². The van der Waals surface area contributed by atoms with Crippen molar-refractivity contribution in [1.82, 2.24) is 0 Å². The minimum atomic E-state index is -1.18. The monoisotopic (exact) mass is 448 g/mol. The smallest absolute Gasteiger partial charge is 0.439 e. The van der Waals surface area contributed by atoms with Gasteiger partial charge in [-0.25, -0.2) is 4.79 Å². The molecule has 0 saturated carbocycles. The van der Waals surface area contributed by atoms with E-state index >= 15 is 0 Å². The highest BCUT2D eigenvalue weighted by Crippen LogP contribution is 2.32. The molecule has 0 fully saturated rings. The summed E-state index contributed by atoms with van der Waals surface area (Å²) in [7, 11) is 1.55. The van der Waals surface area contributed by atoms with Crippen molar-refractivity contribution in [3.63, 3.8) is 0 Å². The average Bonchev–Trinajstić information content (AvgIpc) is 2.62. The van der Waals surface area contributed by atoms with E-state index < -0.39 is 23.3 Å². The van der Waals surface area contributed by atoms with Crippen LogP contribution in [0.4, 0.5) is 4.79 Å². The van der Waals surface area contributed by atoms with Crippen molar-refractivity contribution in [1.29, 1.82) is 0 Å². The highest BCUT2D eigenvalue weighted by atomic mass is 32.2. The van der Waals surface area contributed by atoms with Crippen molar-refractivity contribution in [2.45, 2.75) is 75.4 Å². The first kappa shape index (κ1) is 25.0. The summed E-state index contributed by atoms with van der Waals surface area (Å²) < 4.78 is 27.5. The first-order chi connectivity index (χ1) is 14.3. The van der Waals surface area contributed by atoms with E-state index in [4.69, 9.17) is 23.7 Å². The number of carbonyl (C=O) groups excluding carboxylic acids is 1. The van der Waals surface area contributed by atoms with Gasteiger partial charge >= 0.3 is 12.1 Å². The van der Waals surface area contributed by atoms with Gasteiger partial charge in [0, 0.05) is 23.8 Å². The molecule has 0 N–H and O–H groups in total. The Morgan fingerprint density at radius 1 is 0.742 bits per heavy atom. The van der Waals surface area contributed by atoms with Crippen LogP contribution in [0.1, 0.15) is 48.5 Å². The molecule has 1 unspecified atom stereocenters. The van der Waals surface area contributed by atoms with Crippen molar-refractivity contribution in [3.05, 3.63) is 48.5 Å². The van der Waals surface area contributed by atoms with Crippen LogP contribution in [0.15, 0.2) is 58.3 Å². The molecule has 2 aromatic carbocycles. The molecule has 7 heteroatoms. The molecule has 1 atom stereocenters. The van der Waals surface area contributed by atoms with Crippen LogP contribution in [0.2, 0.25) is 0 Å². The molecule has 0 bridgehead atoms. The quantitative estimate of drug-likeness (QED) is 0.266. The maximum Gasteiger partial charge on any atom is 0.514 e. The fourth-order valence-electron chi connectivity index (χ4n) is 2.53. The molecule has 170 valence electrons. The summed E-state index contributed by atoms with van der Waals surface area (Å²) >= 11 is 1.58. The van der Waals surface area contributed by atoms with Gasteiger partial charge in [0.1, 0.15) is 17.1 Å². The van der Waals surface area contributed by atoms with Crippen LogP contribution >= 0.6 is 11.8 Å². The van der Waals surface area contributed by atoms with Gasteiger partial charge in [-0.3, -0.25) is 0 Å². The minimum absolute atomic E-state index is 0.417. The molecule has 0 aliphatic heterocycles. The number of hydrogen-bond donors (Lipinski definition) is 0. The molecule has 0 aromatic heterocycles. The van der Waals surface area contributed by atoms with Crippen LogP contribution in [0.3, 0.4) is 0 Å². The van der Waals surface area contributed by atoms with Crippen molar-refractivity contribution in [2.24, 2.45) is 0 Å². The first-order valence-corrected chi connectivity index (χ1v) is 10.8. The maximum atomic E-state index is 11.8.